The standard InChI is InChI=1S/C9H16S/c1-2-3-4-5-8-6-7-9(8)10/h10H,2-7H2,1H3. The molecule has 0 fully saturated rings. The first-order valence-electron chi connectivity index (χ1n) is 4.24. The van der Waals surface area contributed by atoms with Crippen molar-refractivity contribution < 1.29 is 0 Å². The average molecular weight is 156 g/mol. The van der Waals surface area contributed by atoms with E-state index >= 15 is 0 Å². The SMILES string of the molecule is CCCCCC1=C(S)CC1. The van der Waals surface area contributed by atoms with Crippen molar-refractivity contribution in [2.45, 2.75) is 45.4 Å². The third-order valence-electron chi connectivity index (χ3n) is 2.15. The van der Waals surface area contributed by atoms with Crippen LogP contribution in [-0.2, 0) is 0 Å². The van der Waals surface area contributed by atoms with Gasteiger partial charge in [0.2, 0.25) is 0 Å². The van der Waals surface area contributed by atoms with Crippen LogP contribution in [0.4, 0.5) is 0 Å². The van der Waals surface area contributed by atoms with Crippen molar-refractivity contribution in [3.8, 4) is 0 Å². The second kappa shape index (κ2) is 4.07. The predicted octanol–water partition coefficient (Wildman–Crippen LogP) is 3.54. The Morgan fingerprint density at radius 2 is 2.10 bits per heavy atom. The maximum Gasteiger partial charge on any atom is -0.0184 e. The van der Waals surface area contributed by atoms with E-state index in [1.54, 1.807) is 5.57 Å². The van der Waals surface area contributed by atoms with E-state index in [4.69, 9.17) is 0 Å². The lowest BCUT2D eigenvalue weighted by atomic mass is 9.93. The van der Waals surface area contributed by atoms with E-state index in [1.807, 2.05) is 0 Å². The van der Waals surface area contributed by atoms with Gasteiger partial charge in [0, 0.05) is 0 Å². The third kappa shape index (κ3) is 2.05. The zero-order chi connectivity index (χ0) is 7.40. The largest absolute Gasteiger partial charge is 0.148 e. The lowest BCUT2D eigenvalue weighted by molar-refractivity contribution is 0.669. The average Bonchev–Trinajstić information content (AvgIpc) is 1.95. The van der Waals surface area contributed by atoms with Gasteiger partial charge in [-0.1, -0.05) is 25.3 Å². The van der Waals surface area contributed by atoms with Gasteiger partial charge in [-0.2, -0.15) is 0 Å². The highest BCUT2D eigenvalue weighted by atomic mass is 32.1. The molecule has 10 heavy (non-hydrogen) atoms. The van der Waals surface area contributed by atoms with Crippen molar-refractivity contribution in [2.24, 2.45) is 0 Å². The summed E-state index contributed by atoms with van der Waals surface area (Å²) in [7, 11) is 0. The van der Waals surface area contributed by atoms with Gasteiger partial charge in [-0.05, 0) is 30.6 Å². The van der Waals surface area contributed by atoms with E-state index in [1.165, 1.54) is 43.4 Å². The molecule has 0 aromatic heterocycles. The summed E-state index contributed by atoms with van der Waals surface area (Å²) < 4.78 is 0. The predicted molar refractivity (Wildman–Crippen MR) is 49.4 cm³/mol. The Hall–Kier alpha value is 0.0900. The van der Waals surface area contributed by atoms with E-state index in [-0.39, 0.29) is 0 Å². The van der Waals surface area contributed by atoms with Crippen molar-refractivity contribution >= 4 is 12.6 Å². The second-order valence-electron chi connectivity index (χ2n) is 3.01. The first kappa shape index (κ1) is 8.19. The van der Waals surface area contributed by atoms with E-state index in [2.05, 4.69) is 19.6 Å². The molecule has 0 unspecified atom stereocenters. The molecule has 0 saturated carbocycles. The highest BCUT2D eigenvalue weighted by molar-refractivity contribution is 7.84. The molecule has 0 aromatic rings. The molecule has 0 bridgehead atoms. The van der Waals surface area contributed by atoms with E-state index in [0.717, 1.165) is 0 Å². The molecule has 1 rings (SSSR count). The quantitative estimate of drug-likeness (QED) is 0.467. The van der Waals surface area contributed by atoms with Gasteiger partial charge < -0.3 is 0 Å². The zero-order valence-corrected chi connectivity index (χ0v) is 7.58. The van der Waals surface area contributed by atoms with Gasteiger partial charge in [-0.3, -0.25) is 0 Å². The van der Waals surface area contributed by atoms with Crippen molar-refractivity contribution in [3.63, 3.8) is 0 Å². The van der Waals surface area contributed by atoms with Crippen LogP contribution >= 0.6 is 12.6 Å². The molecule has 1 aliphatic carbocycles. The molecule has 0 spiro atoms. The third-order valence-corrected chi connectivity index (χ3v) is 2.69. The van der Waals surface area contributed by atoms with Gasteiger partial charge in [0.25, 0.3) is 0 Å². The fourth-order valence-electron chi connectivity index (χ4n) is 1.27. The normalized spacial score (nSPS) is 17.4. The van der Waals surface area contributed by atoms with Gasteiger partial charge in [0.15, 0.2) is 0 Å². The Kier molecular flexibility index (Phi) is 3.33. The lowest BCUT2D eigenvalue weighted by Gasteiger charge is -2.19. The van der Waals surface area contributed by atoms with Crippen molar-refractivity contribution in [1.29, 1.82) is 0 Å². The van der Waals surface area contributed by atoms with Crippen molar-refractivity contribution in [1.82, 2.24) is 0 Å². The number of rotatable bonds is 4. The molecular weight excluding hydrogens is 140 g/mol. The fraction of sp³-hybridized carbons (Fsp3) is 0.778. The van der Waals surface area contributed by atoms with Crippen LogP contribution < -0.4 is 0 Å². The molecule has 1 aliphatic rings. The fourth-order valence-corrected chi connectivity index (χ4v) is 1.61. The molecule has 0 nitrogen and oxygen atoms in total. The van der Waals surface area contributed by atoms with Crippen LogP contribution in [0.1, 0.15) is 45.4 Å². The Morgan fingerprint density at radius 1 is 1.30 bits per heavy atom. The van der Waals surface area contributed by atoms with Crippen LogP contribution in [-0.4, -0.2) is 0 Å². The summed E-state index contributed by atoms with van der Waals surface area (Å²) in [4.78, 5) is 1.37. The van der Waals surface area contributed by atoms with E-state index in [9.17, 15) is 0 Å². The number of hydrogen-bond acceptors (Lipinski definition) is 1. The van der Waals surface area contributed by atoms with Gasteiger partial charge in [0.1, 0.15) is 0 Å². The zero-order valence-electron chi connectivity index (χ0n) is 6.69. The number of hydrogen-bond donors (Lipinski definition) is 1. The van der Waals surface area contributed by atoms with Crippen LogP contribution in [0.5, 0.6) is 0 Å². The minimum atomic E-state index is 1.24. The molecule has 0 atom stereocenters. The Bertz CT molecular complexity index is 136. The molecule has 0 N–H and O–H groups in total. The molecule has 58 valence electrons. The Balaban J connectivity index is 2.09. The maximum absolute atomic E-state index is 4.36. The second-order valence-corrected chi connectivity index (χ2v) is 3.55. The molecule has 0 aromatic carbocycles. The van der Waals surface area contributed by atoms with E-state index < -0.39 is 0 Å². The topological polar surface area (TPSA) is 0 Å². The monoisotopic (exact) mass is 156 g/mol. The molecule has 0 radical (unpaired) electrons. The van der Waals surface area contributed by atoms with E-state index in [0.29, 0.717) is 0 Å². The molecule has 0 amide bonds. The molecular formula is C9H16S. The van der Waals surface area contributed by atoms with Gasteiger partial charge >= 0.3 is 0 Å². The van der Waals surface area contributed by atoms with Crippen LogP contribution in [0.25, 0.3) is 0 Å². The molecule has 0 heterocycles. The summed E-state index contributed by atoms with van der Waals surface area (Å²) in [6, 6.07) is 0. The minimum Gasteiger partial charge on any atom is -0.148 e. The summed E-state index contributed by atoms with van der Waals surface area (Å²) in [6.45, 7) is 2.25. The Labute approximate surface area is 69.1 Å². The van der Waals surface area contributed by atoms with Gasteiger partial charge in [-0.15, -0.1) is 12.6 Å². The summed E-state index contributed by atoms with van der Waals surface area (Å²) >= 11 is 4.36. The van der Waals surface area contributed by atoms with Crippen LogP contribution in [0, 0.1) is 0 Å². The van der Waals surface area contributed by atoms with Crippen LogP contribution in [0.2, 0.25) is 0 Å². The van der Waals surface area contributed by atoms with Crippen molar-refractivity contribution in [2.75, 3.05) is 0 Å². The number of unbranched alkanes of at least 4 members (excludes halogenated alkanes) is 2. The summed E-state index contributed by atoms with van der Waals surface area (Å²) in [5.41, 5.74) is 1.62. The van der Waals surface area contributed by atoms with Crippen LogP contribution in [0.3, 0.4) is 0 Å². The Morgan fingerprint density at radius 3 is 2.50 bits per heavy atom. The number of thiol groups is 1. The number of allylic oxidation sites excluding steroid dienone is 2. The van der Waals surface area contributed by atoms with Gasteiger partial charge in [0.05, 0.1) is 0 Å². The molecule has 0 aliphatic heterocycles. The summed E-state index contributed by atoms with van der Waals surface area (Å²) in [5, 5.41) is 0. The first-order chi connectivity index (χ1) is 4.84. The van der Waals surface area contributed by atoms with Gasteiger partial charge in [-0.25, -0.2) is 0 Å². The smallest absolute Gasteiger partial charge is 0.0184 e. The first-order valence-corrected chi connectivity index (χ1v) is 4.69. The molecule has 1 heteroatoms. The highest BCUT2D eigenvalue weighted by Gasteiger charge is 2.12. The maximum atomic E-state index is 4.36. The van der Waals surface area contributed by atoms with Crippen molar-refractivity contribution in [3.05, 3.63) is 10.5 Å². The highest BCUT2D eigenvalue weighted by Crippen LogP contribution is 2.33. The van der Waals surface area contributed by atoms with Crippen LogP contribution in [0.15, 0.2) is 10.5 Å². The molecule has 0 saturated heterocycles. The lowest BCUT2D eigenvalue weighted by Crippen LogP contribution is -1.98. The summed E-state index contributed by atoms with van der Waals surface area (Å²) in [6.07, 6.45) is 7.95. The minimum absolute atomic E-state index is 1.24. The summed E-state index contributed by atoms with van der Waals surface area (Å²) in [5.74, 6) is 0.